The van der Waals surface area contributed by atoms with Gasteiger partial charge in [-0.2, -0.15) is 0 Å². The zero-order chi connectivity index (χ0) is 18.3. The van der Waals surface area contributed by atoms with Crippen LogP contribution >= 0.6 is 0 Å². The largest absolute Gasteiger partial charge is 0.309 e. The first-order chi connectivity index (χ1) is 12.6. The molecule has 0 saturated heterocycles. The van der Waals surface area contributed by atoms with Crippen LogP contribution in [0.4, 0.5) is 5.69 Å². The monoisotopic (exact) mass is 347 g/mol. The number of fused-ring (bicyclic) bond motifs is 2. The SMILES string of the molecule is Cc1cccc2c(=O)n(CCC(=O)N3c4ccccc4C[C@@H]3C)cnc12. The topological polar surface area (TPSA) is 55.2 Å². The van der Waals surface area contributed by atoms with Crippen LogP contribution < -0.4 is 10.5 Å². The molecule has 1 atom stereocenters. The number of hydrogen-bond acceptors (Lipinski definition) is 3. The lowest BCUT2D eigenvalue weighted by molar-refractivity contribution is -0.119. The number of anilines is 1. The van der Waals surface area contributed by atoms with Gasteiger partial charge in [-0.15, -0.1) is 0 Å². The molecular formula is C21H21N3O2. The van der Waals surface area contributed by atoms with E-state index in [9.17, 15) is 9.59 Å². The van der Waals surface area contributed by atoms with Crippen molar-refractivity contribution in [1.29, 1.82) is 0 Å². The van der Waals surface area contributed by atoms with Gasteiger partial charge in [0.05, 0.1) is 17.2 Å². The van der Waals surface area contributed by atoms with E-state index in [1.54, 1.807) is 12.4 Å². The van der Waals surface area contributed by atoms with Crippen LogP contribution in [-0.4, -0.2) is 21.5 Å². The van der Waals surface area contributed by atoms with Gasteiger partial charge < -0.3 is 4.90 Å². The van der Waals surface area contributed by atoms with Gasteiger partial charge in [0.2, 0.25) is 5.91 Å². The summed E-state index contributed by atoms with van der Waals surface area (Å²) in [4.78, 5) is 31.8. The van der Waals surface area contributed by atoms with Crippen molar-refractivity contribution in [2.24, 2.45) is 0 Å². The van der Waals surface area contributed by atoms with Gasteiger partial charge >= 0.3 is 0 Å². The number of carbonyl (C=O) groups is 1. The van der Waals surface area contributed by atoms with Crippen LogP contribution in [0.1, 0.15) is 24.5 Å². The molecule has 4 rings (SSSR count). The highest BCUT2D eigenvalue weighted by molar-refractivity contribution is 5.96. The van der Waals surface area contributed by atoms with E-state index in [0.717, 1.165) is 23.2 Å². The zero-order valence-corrected chi connectivity index (χ0v) is 15.0. The second-order valence-corrected chi connectivity index (χ2v) is 6.91. The Labute approximate surface area is 151 Å². The van der Waals surface area contributed by atoms with Crippen molar-refractivity contribution >= 4 is 22.5 Å². The fraction of sp³-hybridized carbons (Fsp3) is 0.286. The maximum absolute atomic E-state index is 12.8. The first kappa shape index (κ1) is 16.5. The van der Waals surface area contributed by atoms with E-state index in [1.807, 2.05) is 42.2 Å². The molecule has 0 radical (unpaired) electrons. The number of aryl methyl sites for hydroxylation is 2. The maximum Gasteiger partial charge on any atom is 0.261 e. The minimum Gasteiger partial charge on any atom is -0.309 e. The molecule has 1 aromatic heterocycles. The van der Waals surface area contributed by atoms with Crippen molar-refractivity contribution in [2.45, 2.75) is 39.3 Å². The van der Waals surface area contributed by atoms with Crippen molar-refractivity contribution in [3.05, 3.63) is 70.3 Å². The third-order valence-corrected chi connectivity index (χ3v) is 5.10. The van der Waals surface area contributed by atoms with Crippen molar-refractivity contribution in [3.63, 3.8) is 0 Å². The third-order valence-electron chi connectivity index (χ3n) is 5.10. The summed E-state index contributed by atoms with van der Waals surface area (Å²) < 4.78 is 1.53. The molecule has 132 valence electrons. The highest BCUT2D eigenvalue weighted by Gasteiger charge is 2.30. The minimum atomic E-state index is -0.0960. The van der Waals surface area contributed by atoms with E-state index in [4.69, 9.17) is 0 Å². The van der Waals surface area contributed by atoms with Crippen LogP contribution in [0.5, 0.6) is 0 Å². The number of carbonyl (C=O) groups excluding carboxylic acids is 1. The molecule has 2 heterocycles. The summed E-state index contributed by atoms with van der Waals surface area (Å²) in [6.07, 6.45) is 2.70. The molecule has 2 aromatic carbocycles. The molecule has 26 heavy (non-hydrogen) atoms. The Kier molecular flexibility index (Phi) is 4.07. The summed E-state index contributed by atoms with van der Waals surface area (Å²) in [6, 6.07) is 13.7. The number of benzene rings is 2. The van der Waals surface area contributed by atoms with Crippen molar-refractivity contribution < 1.29 is 4.79 Å². The molecule has 1 aliphatic rings. The highest BCUT2D eigenvalue weighted by Crippen LogP contribution is 2.32. The Morgan fingerprint density at radius 3 is 2.85 bits per heavy atom. The molecule has 0 fully saturated rings. The number of nitrogens with zero attached hydrogens (tertiary/aromatic N) is 3. The van der Waals surface area contributed by atoms with Crippen LogP contribution in [0.2, 0.25) is 0 Å². The van der Waals surface area contributed by atoms with Gasteiger partial charge in [0, 0.05) is 24.7 Å². The van der Waals surface area contributed by atoms with Crippen molar-refractivity contribution in [3.8, 4) is 0 Å². The summed E-state index contributed by atoms with van der Waals surface area (Å²) >= 11 is 0. The molecule has 5 heteroatoms. The van der Waals surface area contributed by atoms with Gasteiger partial charge in [-0.3, -0.25) is 14.2 Å². The fourth-order valence-electron chi connectivity index (χ4n) is 3.78. The maximum atomic E-state index is 12.8. The van der Waals surface area contributed by atoms with E-state index in [1.165, 1.54) is 10.1 Å². The molecular weight excluding hydrogens is 326 g/mol. The summed E-state index contributed by atoms with van der Waals surface area (Å²) in [7, 11) is 0. The Morgan fingerprint density at radius 1 is 1.19 bits per heavy atom. The van der Waals surface area contributed by atoms with E-state index in [-0.39, 0.29) is 23.9 Å². The van der Waals surface area contributed by atoms with Crippen LogP contribution in [0.3, 0.4) is 0 Å². The van der Waals surface area contributed by atoms with E-state index >= 15 is 0 Å². The van der Waals surface area contributed by atoms with Gasteiger partial charge in [-0.05, 0) is 43.5 Å². The smallest absolute Gasteiger partial charge is 0.261 e. The lowest BCUT2D eigenvalue weighted by Crippen LogP contribution is -2.36. The van der Waals surface area contributed by atoms with Gasteiger partial charge in [-0.25, -0.2) is 4.98 Å². The average molecular weight is 347 g/mol. The molecule has 1 aliphatic heterocycles. The van der Waals surface area contributed by atoms with Crippen LogP contribution in [0.25, 0.3) is 10.9 Å². The Balaban J connectivity index is 1.56. The highest BCUT2D eigenvalue weighted by atomic mass is 16.2. The summed E-state index contributed by atoms with van der Waals surface area (Å²) in [5.41, 5.74) is 3.80. The number of amides is 1. The minimum absolute atomic E-state index is 0.0405. The molecule has 0 bridgehead atoms. The number of aromatic nitrogens is 2. The lowest BCUT2D eigenvalue weighted by Gasteiger charge is -2.23. The molecule has 0 spiro atoms. The molecule has 0 N–H and O–H groups in total. The first-order valence-electron chi connectivity index (χ1n) is 8.91. The van der Waals surface area contributed by atoms with Gasteiger partial charge in [-0.1, -0.05) is 30.3 Å². The normalized spacial score (nSPS) is 16.1. The fourth-order valence-corrected chi connectivity index (χ4v) is 3.78. The molecule has 0 aliphatic carbocycles. The quantitative estimate of drug-likeness (QED) is 0.732. The number of hydrogen-bond donors (Lipinski definition) is 0. The Bertz CT molecular complexity index is 1050. The third kappa shape index (κ3) is 2.69. The second-order valence-electron chi connectivity index (χ2n) is 6.91. The first-order valence-corrected chi connectivity index (χ1v) is 8.91. The molecule has 0 unspecified atom stereocenters. The number of para-hydroxylation sites is 2. The average Bonchev–Trinajstić information content (AvgIpc) is 2.97. The molecule has 3 aromatic rings. The van der Waals surface area contributed by atoms with E-state index < -0.39 is 0 Å². The van der Waals surface area contributed by atoms with Crippen LogP contribution in [0, 0.1) is 6.92 Å². The van der Waals surface area contributed by atoms with Gasteiger partial charge in [0.25, 0.3) is 5.56 Å². The second kappa shape index (κ2) is 6.41. The molecule has 1 amide bonds. The predicted octanol–water partition coefficient (Wildman–Crippen LogP) is 3.07. The Morgan fingerprint density at radius 2 is 2.00 bits per heavy atom. The zero-order valence-electron chi connectivity index (χ0n) is 15.0. The van der Waals surface area contributed by atoms with Crippen molar-refractivity contribution in [1.82, 2.24) is 9.55 Å². The van der Waals surface area contributed by atoms with Gasteiger partial charge in [0.15, 0.2) is 0 Å². The van der Waals surface area contributed by atoms with E-state index in [0.29, 0.717) is 11.9 Å². The van der Waals surface area contributed by atoms with E-state index in [2.05, 4.69) is 18.0 Å². The molecule has 0 saturated carbocycles. The number of rotatable bonds is 3. The Hall–Kier alpha value is -2.95. The van der Waals surface area contributed by atoms with Crippen LogP contribution in [-0.2, 0) is 17.8 Å². The predicted molar refractivity (Wildman–Crippen MR) is 102 cm³/mol. The summed E-state index contributed by atoms with van der Waals surface area (Å²) in [6.45, 7) is 4.33. The molecule has 5 nitrogen and oxygen atoms in total. The lowest BCUT2D eigenvalue weighted by atomic mass is 10.1. The van der Waals surface area contributed by atoms with Gasteiger partial charge in [0.1, 0.15) is 0 Å². The standard InChI is InChI=1S/C21H21N3O2/c1-14-6-5-8-17-20(14)22-13-23(21(17)26)11-10-19(25)24-15(2)12-16-7-3-4-9-18(16)24/h3-9,13,15H,10-12H2,1-2H3/t15-/m0/s1. The van der Waals surface area contributed by atoms with Crippen LogP contribution in [0.15, 0.2) is 53.6 Å². The summed E-state index contributed by atoms with van der Waals surface area (Å²) in [5, 5.41) is 0.597. The summed E-state index contributed by atoms with van der Waals surface area (Å²) in [5.74, 6) is 0.0405. The van der Waals surface area contributed by atoms with Crippen molar-refractivity contribution in [2.75, 3.05) is 4.90 Å².